The molecule has 0 spiro atoms. The number of amides is 2. The van der Waals surface area contributed by atoms with Crippen LogP contribution in [0.1, 0.15) is 23.7 Å². The Bertz CT molecular complexity index is 1120. The van der Waals surface area contributed by atoms with Gasteiger partial charge in [-0.15, -0.1) is 0 Å². The lowest BCUT2D eigenvalue weighted by molar-refractivity contribution is -0.137. The van der Waals surface area contributed by atoms with Crippen LogP contribution in [0.15, 0.2) is 35.4 Å². The van der Waals surface area contributed by atoms with Crippen molar-refractivity contribution in [3.05, 3.63) is 52.2 Å². The molecule has 3 heterocycles. The van der Waals surface area contributed by atoms with E-state index in [1.54, 1.807) is 15.9 Å². The van der Waals surface area contributed by atoms with Crippen molar-refractivity contribution < 1.29 is 31.5 Å². The zero-order valence-corrected chi connectivity index (χ0v) is 18.5. The van der Waals surface area contributed by atoms with E-state index in [9.17, 15) is 31.5 Å². The van der Waals surface area contributed by atoms with Crippen LogP contribution in [0.2, 0.25) is 0 Å². The van der Waals surface area contributed by atoms with Crippen molar-refractivity contribution in [1.29, 1.82) is 0 Å². The second-order valence-corrected chi connectivity index (χ2v) is 8.78. The minimum Gasteiger partial charge on any atom is -0.368 e. The number of benzene rings is 1. The SMILES string of the molecule is CC(F)(F)c1cc(N2CCN(c3nccc(/C=C4\SC(=O)NC4=O)n3)CC2)cc(C(F)(F)F)c1. The van der Waals surface area contributed by atoms with Crippen molar-refractivity contribution in [3.63, 3.8) is 0 Å². The highest BCUT2D eigenvalue weighted by atomic mass is 32.2. The third kappa shape index (κ3) is 5.29. The van der Waals surface area contributed by atoms with Gasteiger partial charge in [-0.1, -0.05) is 0 Å². The lowest BCUT2D eigenvalue weighted by Crippen LogP contribution is -2.47. The van der Waals surface area contributed by atoms with Gasteiger partial charge >= 0.3 is 6.18 Å². The number of carbonyl (C=O) groups is 2. The molecule has 7 nitrogen and oxygen atoms in total. The molecule has 0 atom stereocenters. The molecule has 0 saturated carbocycles. The first-order valence-electron chi connectivity index (χ1n) is 10.1. The molecule has 0 unspecified atom stereocenters. The van der Waals surface area contributed by atoms with E-state index in [0.29, 0.717) is 37.7 Å². The first-order chi connectivity index (χ1) is 15.9. The molecule has 1 aromatic heterocycles. The Morgan fingerprint density at radius 2 is 1.65 bits per heavy atom. The number of halogens is 5. The summed E-state index contributed by atoms with van der Waals surface area (Å²) in [6, 6.07) is 4.00. The second kappa shape index (κ2) is 8.85. The highest BCUT2D eigenvalue weighted by molar-refractivity contribution is 8.18. The Labute approximate surface area is 195 Å². The van der Waals surface area contributed by atoms with Crippen molar-refractivity contribution in [2.45, 2.75) is 19.0 Å². The predicted molar refractivity (Wildman–Crippen MR) is 117 cm³/mol. The first kappa shape index (κ1) is 23.9. The molecule has 34 heavy (non-hydrogen) atoms. The highest BCUT2D eigenvalue weighted by Crippen LogP contribution is 2.38. The van der Waals surface area contributed by atoms with Gasteiger partial charge in [-0.2, -0.15) is 13.2 Å². The van der Waals surface area contributed by atoms with E-state index in [1.807, 2.05) is 0 Å². The lowest BCUT2D eigenvalue weighted by atomic mass is 10.0. The number of alkyl halides is 5. The lowest BCUT2D eigenvalue weighted by Gasteiger charge is -2.36. The van der Waals surface area contributed by atoms with Gasteiger partial charge in [0.25, 0.3) is 17.1 Å². The predicted octanol–water partition coefficient (Wildman–Crippen LogP) is 4.26. The number of nitrogens with zero attached hydrogens (tertiary/aromatic N) is 4. The van der Waals surface area contributed by atoms with Crippen molar-refractivity contribution in [2.75, 3.05) is 36.0 Å². The third-order valence-electron chi connectivity index (χ3n) is 5.27. The van der Waals surface area contributed by atoms with E-state index in [1.165, 1.54) is 12.3 Å². The van der Waals surface area contributed by atoms with E-state index in [2.05, 4.69) is 15.3 Å². The van der Waals surface area contributed by atoms with E-state index >= 15 is 0 Å². The average molecular weight is 499 g/mol. The number of carbonyl (C=O) groups excluding carboxylic acids is 2. The van der Waals surface area contributed by atoms with Gasteiger partial charge < -0.3 is 9.80 Å². The van der Waals surface area contributed by atoms with E-state index in [-0.39, 0.29) is 23.7 Å². The number of thioether (sulfide) groups is 1. The molecule has 2 aromatic rings. The maximum Gasteiger partial charge on any atom is 0.416 e. The van der Waals surface area contributed by atoms with E-state index in [0.717, 1.165) is 23.9 Å². The molecular weight excluding hydrogens is 481 g/mol. The number of nitrogens with one attached hydrogen (secondary N) is 1. The fraction of sp³-hybridized carbons (Fsp3) is 0.333. The largest absolute Gasteiger partial charge is 0.416 e. The molecule has 1 N–H and O–H groups in total. The second-order valence-electron chi connectivity index (χ2n) is 7.76. The summed E-state index contributed by atoms with van der Waals surface area (Å²) in [5, 5.41) is 1.68. The van der Waals surface area contributed by atoms with Gasteiger partial charge in [-0.05, 0) is 42.1 Å². The van der Waals surface area contributed by atoms with Gasteiger partial charge in [0, 0.05) is 50.6 Å². The Morgan fingerprint density at radius 1 is 1.00 bits per heavy atom. The monoisotopic (exact) mass is 499 g/mol. The summed E-state index contributed by atoms with van der Waals surface area (Å²) in [7, 11) is 0. The van der Waals surface area contributed by atoms with Crippen LogP contribution >= 0.6 is 11.8 Å². The van der Waals surface area contributed by atoms with Crippen molar-refractivity contribution in [2.24, 2.45) is 0 Å². The average Bonchev–Trinajstić information content (AvgIpc) is 3.09. The molecule has 180 valence electrons. The molecule has 2 aliphatic heterocycles. The van der Waals surface area contributed by atoms with Crippen LogP contribution in [0.4, 0.5) is 38.4 Å². The normalized spacial score (nSPS) is 18.6. The zero-order chi connectivity index (χ0) is 24.7. The minimum absolute atomic E-state index is 0.0688. The van der Waals surface area contributed by atoms with Crippen LogP contribution in [0.5, 0.6) is 0 Å². The summed E-state index contributed by atoms with van der Waals surface area (Å²) in [6.07, 6.45) is -1.80. The Balaban J connectivity index is 1.51. The molecule has 0 aliphatic carbocycles. The number of aromatic nitrogens is 2. The maximum atomic E-state index is 13.8. The number of piperazine rings is 1. The van der Waals surface area contributed by atoms with E-state index < -0.39 is 34.4 Å². The summed E-state index contributed by atoms with van der Waals surface area (Å²) in [5.74, 6) is -3.59. The van der Waals surface area contributed by atoms with Gasteiger partial charge in [-0.3, -0.25) is 14.9 Å². The number of anilines is 2. The van der Waals surface area contributed by atoms with Crippen LogP contribution in [0.3, 0.4) is 0 Å². The van der Waals surface area contributed by atoms with Gasteiger partial charge in [-0.25, -0.2) is 18.7 Å². The Morgan fingerprint density at radius 3 is 2.24 bits per heavy atom. The van der Waals surface area contributed by atoms with Crippen LogP contribution in [0.25, 0.3) is 6.08 Å². The quantitative estimate of drug-likeness (QED) is 0.498. The van der Waals surface area contributed by atoms with Crippen molar-refractivity contribution in [1.82, 2.24) is 15.3 Å². The number of hydrogen-bond donors (Lipinski definition) is 1. The van der Waals surface area contributed by atoms with Crippen LogP contribution in [-0.2, 0) is 16.9 Å². The molecule has 1 aromatic carbocycles. The van der Waals surface area contributed by atoms with Crippen LogP contribution in [-0.4, -0.2) is 47.3 Å². The summed E-state index contributed by atoms with van der Waals surface area (Å²) in [4.78, 5) is 35.2. The number of hydrogen-bond acceptors (Lipinski definition) is 7. The summed E-state index contributed by atoms with van der Waals surface area (Å²) < 4.78 is 67.5. The number of imide groups is 1. The van der Waals surface area contributed by atoms with E-state index in [4.69, 9.17) is 0 Å². The van der Waals surface area contributed by atoms with Gasteiger partial charge in [0.2, 0.25) is 5.95 Å². The number of rotatable bonds is 4. The highest BCUT2D eigenvalue weighted by Gasteiger charge is 2.35. The molecule has 0 bridgehead atoms. The summed E-state index contributed by atoms with van der Waals surface area (Å²) in [6.45, 7) is 1.76. The van der Waals surface area contributed by atoms with Crippen LogP contribution < -0.4 is 15.1 Å². The molecule has 4 rings (SSSR count). The topological polar surface area (TPSA) is 78.4 Å². The molecule has 2 amide bonds. The van der Waals surface area contributed by atoms with Gasteiger partial charge in [0.05, 0.1) is 16.2 Å². The summed E-state index contributed by atoms with van der Waals surface area (Å²) in [5.41, 5.74) is -1.34. The van der Waals surface area contributed by atoms with Crippen molar-refractivity contribution >= 4 is 40.6 Å². The standard InChI is InChI=1S/C21H18F5N5O2S/c1-20(22,23)12-8-13(21(24,25)26)10-15(9-12)30-4-6-31(7-5-30)18-27-3-2-14(28-18)11-16-17(32)29-19(33)34-16/h2-3,8-11H,4-7H2,1H3,(H,29,32,33)/b16-11-. The van der Waals surface area contributed by atoms with Gasteiger partial charge in [0.15, 0.2) is 0 Å². The molecule has 2 saturated heterocycles. The van der Waals surface area contributed by atoms with Gasteiger partial charge in [0.1, 0.15) is 0 Å². The third-order valence-corrected chi connectivity index (χ3v) is 6.08. The molecule has 0 radical (unpaired) electrons. The zero-order valence-electron chi connectivity index (χ0n) is 17.7. The van der Waals surface area contributed by atoms with Crippen molar-refractivity contribution in [3.8, 4) is 0 Å². The summed E-state index contributed by atoms with van der Waals surface area (Å²) >= 11 is 0.761. The molecule has 13 heteroatoms. The first-order valence-corrected chi connectivity index (χ1v) is 10.9. The fourth-order valence-electron chi connectivity index (χ4n) is 3.53. The minimum atomic E-state index is -4.75. The molecule has 2 fully saturated rings. The fourth-order valence-corrected chi connectivity index (χ4v) is 4.19. The molecule has 2 aliphatic rings. The molecular formula is C21H18F5N5O2S. The maximum absolute atomic E-state index is 13.8. The Hall–Kier alpha value is -3.22. The smallest absolute Gasteiger partial charge is 0.368 e. The Kier molecular flexibility index (Phi) is 6.23. The van der Waals surface area contributed by atoms with Crippen LogP contribution in [0, 0.1) is 0 Å².